The van der Waals surface area contributed by atoms with Gasteiger partial charge in [-0.25, -0.2) is 4.79 Å². The molecule has 1 aliphatic heterocycles. The summed E-state index contributed by atoms with van der Waals surface area (Å²) in [6.07, 6.45) is -3.28. The van der Waals surface area contributed by atoms with Crippen LogP contribution in [0.4, 0.5) is 4.79 Å². The van der Waals surface area contributed by atoms with Gasteiger partial charge in [0.1, 0.15) is 18.7 Å². The zero-order valence-corrected chi connectivity index (χ0v) is 27.7. The molecule has 0 radical (unpaired) electrons. The molecule has 0 saturated carbocycles. The zero-order valence-electron chi connectivity index (χ0n) is 26.8. The molecule has 254 valence electrons. The second-order valence-electron chi connectivity index (χ2n) is 12.0. The number of nitrogens with two attached hydrogens (primary N) is 1. The maximum absolute atomic E-state index is 13.9. The highest BCUT2D eigenvalue weighted by Gasteiger charge is 2.49. The van der Waals surface area contributed by atoms with Crippen LogP contribution in [-0.2, 0) is 43.5 Å². The van der Waals surface area contributed by atoms with Gasteiger partial charge in [-0.05, 0) is 37.0 Å². The summed E-state index contributed by atoms with van der Waals surface area (Å²) in [5.41, 5.74) is 7.69. The van der Waals surface area contributed by atoms with Crippen molar-refractivity contribution in [3.8, 4) is 0 Å². The number of ether oxygens (including phenoxy) is 1. The van der Waals surface area contributed by atoms with Gasteiger partial charge in [-0.3, -0.25) is 19.2 Å². The number of aliphatic hydroxyl groups is 1. The summed E-state index contributed by atoms with van der Waals surface area (Å²) in [4.78, 5) is 66.8. The van der Waals surface area contributed by atoms with Crippen molar-refractivity contribution in [2.75, 3.05) is 5.88 Å². The molecular formula is C35H41N5O7S. The zero-order chi connectivity index (χ0) is 34.7. The topological polar surface area (TPSA) is 180 Å². The van der Waals surface area contributed by atoms with E-state index in [1.165, 1.54) is 16.7 Å². The number of primary amides is 1. The minimum absolute atomic E-state index is 0.0243. The first-order valence-electron chi connectivity index (χ1n) is 15.5. The van der Waals surface area contributed by atoms with Crippen molar-refractivity contribution in [1.82, 2.24) is 20.9 Å². The number of aliphatic hydroxyl groups excluding tert-OH is 1. The molecule has 4 atom stereocenters. The molecule has 0 aromatic heterocycles. The van der Waals surface area contributed by atoms with Crippen molar-refractivity contribution >= 4 is 41.5 Å². The van der Waals surface area contributed by atoms with E-state index in [4.69, 9.17) is 10.5 Å². The normalized spacial score (nSPS) is 17.0. The molecule has 0 aliphatic carbocycles. The second kappa shape index (κ2) is 16.8. The average Bonchev–Trinajstić information content (AvgIpc) is 3.40. The van der Waals surface area contributed by atoms with E-state index in [1.807, 2.05) is 50.2 Å². The Hall–Kier alpha value is -4.88. The molecule has 3 aromatic rings. The summed E-state index contributed by atoms with van der Waals surface area (Å²) in [6.45, 7) is 3.89. The summed E-state index contributed by atoms with van der Waals surface area (Å²) in [7, 11) is 0. The fourth-order valence-corrected chi connectivity index (χ4v) is 6.49. The number of hydrogen-bond donors (Lipinski definition) is 5. The predicted molar refractivity (Wildman–Crippen MR) is 181 cm³/mol. The van der Waals surface area contributed by atoms with Gasteiger partial charge in [0.05, 0.1) is 18.3 Å². The lowest BCUT2D eigenvalue weighted by Crippen LogP contribution is -2.60. The summed E-state index contributed by atoms with van der Waals surface area (Å²) < 4.78 is 4.54. The molecule has 1 aliphatic rings. The number of thioether (sulfide) groups is 1. The fourth-order valence-electron chi connectivity index (χ4n) is 5.35. The van der Waals surface area contributed by atoms with Gasteiger partial charge in [-0.15, -0.1) is 11.8 Å². The molecule has 3 aromatic carbocycles. The van der Waals surface area contributed by atoms with Gasteiger partial charge in [-0.1, -0.05) is 91.0 Å². The number of hydrogen-bond acceptors (Lipinski definition) is 8. The van der Waals surface area contributed by atoms with Crippen LogP contribution >= 0.6 is 11.8 Å². The van der Waals surface area contributed by atoms with Crippen molar-refractivity contribution in [3.05, 3.63) is 108 Å². The second-order valence-corrected chi connectivity index (χ2v) is 13.6. The van der Waals surface area contributed by atoms with Crippen molar-refractivity contribution in [3.63, 3.8) is 0 Å². The molecular weight excluding hydrogens is 634 g/mol. The lowest BCUT2D eigenvalue weighted by molar-refractivity contribution is -0.148. The third-order valence-electron chi connectivity index (χ3n) is 7.87. The minimum atomic E-state index is -1.78. The molecule has 0 unspecified atom stereocenters. The number of carbonyl (C=O) groups excluding carboxylic acids is 5. The Labute approximate surface area is 283 Å². The van der Waals surface area contributed by atoms with E-state index in [0.29, 0.717) is 11.1 Å². The molecule has 0 spiro atoms. The molecule has 0 bridgehead atoms. The first kappa shape index (κ1) is 36.0. The minimum Gasteiger partial charge on any atom is -0.445 e. The summed E-state index contributed by atoms with van der Waals surface area (Å²) >= 11 is 1.40. The smallest absolute Gasteiger partial charge is 0.408 e. The van der Waals surface area contributed by atoms with Gasteiger partial charge in [0.2, 0.25) is 17.7 Å². The quantitative estimate of drug-likeness (QED) is 0.173. The number of benzene rings is 3. The molecule has 1 saturated heterocycles. The van der Waals surface area contributed by atoms with Gasteiger partial charge < -0.3 is 36.4 Å². The molecule has 6 N–H and O–H groups in total. The number of amides is 5. The van der Waals surface area contributed by atoms with Crippen LogP contribution in [0.5, 0.6) is 0 Å². The highest BCUT2D eigenvalue weighted by molar-refractivity contribution is 8.00. The number of rotatable bonds is 14. The van der Waals surface area contributed by atoms with Gasteiger partial charge >= 0.3 is 6.09 Å². The lowest BCUT2D eigenvalue weighted by atomic mass is 9.96. The van der Waals surface area contributed by atoms with Crippen molar-refractivity contribution in [2.45, 2.75) is 68.8 Å². The van der Waals surface area contributed by atoms with Crippen molar-refractivity contribution in [1.29, 1.82) is 0 Å². The fraction of sp³-hybridized carbons (Fsp3) is 0.343. The van der Waals surface area contributed by atoms with E-state index >= 15 is 0 Å². The van der Waals surface area contributed by atoms with Crippen molar-refractivity contribution in [2.24, 2.45) is 5.73 Å². The molecule has 4 rings (SSSR count). The van der Waals surface area contributed by atoms with Crippen LogP contribution in [0.15, 0.2) is 91.0 Å². The highest BCUT2D eigenvalue weighted by atomic mass is 32.2. The largest absolute Gasteiger partial charge is 0.445 e. The Bertz CT molecular complexity index is 1560. The van der Waals surface area contributed by atoms with Crippen LogP contribution in [0.25, 0.3) is 0 Å². The SMILES string of the molecule is CC1(C)SCN(C(=O)[C@@H](O)[C@H](Cc2ccccc2)NC(=O)[C@H](CC(N)=O)NC(=O)OCc2ccccc2)[C@@H]1C(=O)NCc1ccccc1. The molecule has 12 nitrogen and oxygen atoms in total. The van der Waals surface area contributed by atoms with Crippen LogP contribution in [0.1, 0.15) is 37.0 Å². The Morgan fingerprint density at radius 2 is 1.46 bits per heavy atom. The first-order chi connectivity index (χ1) is 22.9. The summed E-state index contributed by atoms with van der Waals surface area (Å²) in [5.74, 6) is -2.71. The van der Waals surface area contributed by atoms with Crippen LogP contribution in [0, 0.1) is 0 Å². The molecule has 48 heavy (non-hydrogen) atoms. The summed E-state index contributed by atoms with van der Waals surface area (Å²) in [5, 5.41) is 19.4. The Morgan fingerprint density at radius 3 is 2.04 bits per heavy atom. The molecule has 1 fully saturated rings. The van der Waals surface area contributed by atoms with Crippen LogP contribution in [0.2, 0.25) is 0 Å². The van der Waals surface area contributed by atoms with E-state index < -0.39 is 59.2 Å². The van der Waals surface area contributed by atoms with Gasteiger partial charge in [0.25, 0.3) is 5.91 Å². The molecule has 1 heterocycles. The third-order valence-corrected chi connectivity index (χ3v) is 9.25. The number of alkyl carbamates (subject to hydrolysis) is 1. The highest BCUT2D eigenvalue weighted by Crippen LogP contribution is 2.40. The number of nitrogens with zero attached hydrogens (tertiary/aromatic N) is 1. The Balaban J connectivity index is 1.50. The Morgan fingerprint density at radius 1 is 0.896 bits per heavy atom. The Kier molecular flexibility index (Phi) is 12.6. The monoisotopic (exact) mass is 675 g/mol. The van der Waals surface area contributed by atoms with Crippen LogP contribution < -0.4 is 21.7 Å². The van der Waals surface area contributed by atoms with Gasteiger partial charge in [-0.2, -0.15) is 0 Å². The first-order valence-corrected chi connectivity index (χ1v) is 16.5. The molecule has 5 amide bonds. The maximum Gasteiger partial charge on any atom is 0.408 e. The van der Waals surface area contributed by atoms with E-state index in [2.05, 4.69) is 16.0 Å². The van der Waals surface area contributed by atoms with Gasteiger partial charge in [0.15, 0.2) is 6.10 Å². The van der Waals surface area contributed by atoms with Crippen LogP contribution in [-0.4, -0.2) is 74.6 Å². The summed E-state index contributed by atoms with van der Waals surface area (Å²) in [6, 6.07) is 23.5. The standard InChI is InChI=1S/C35H41N5O7S/c1-35(2)30(32(44)37-20-24-14-8-4-9-15-24)40(22-48-35)33(45)29(42)26(18-23-12-6-3-7-13-23)38-31(43)27(19-28(36)41)39-34(46)47-21-25-16-10-5-11-17-25/h3-17,26-27,29-30,42H,18-22H2,1-2H3,(H2,36,41)(H,37,44)(H,38,43)(H,39,46)/t26-,27-,29-,30+/m0/s1. The van der Waals surface area contributed by atoms with Crippen LogP contribution in [0.3, 0.4) is 0 Å². The maximum atomic E-state index is 13.9. The third kappa shape index (κ3) is 10.1. The number of nitrogens with one attached hydrogen (secondary N) is 3. The number of carbonyl (C=O) groups is 5. The van der Waals surface area contributed by atoms with E-state index in [9.17, 15) is 29.1 Å². The van der Waals surface area contributed by atoms with E-state index in [1.54, 1.807) is 54.6 Å². The average molecular weight is 676 g/mol. The van der Waals surface area contributed by atoms with Gasteiger partial charge in [0, 0.05) is 11.3 Å². The van der Waals surface area contributed by atoms with E-state index in [0.717, 1.165) is 5.56 Å². The molecule has 13 heteroatoms. The van der Waals surface area contributed by atoms with Crippen molar-refractivity contribution < 1.29 is 33.8 Å². The van der Waals surface area contributed by atoms with E-state index in [-0.39, 0.29) is 31.4 Å². The lowest BCUT2D eigenvalue weighted by Gasteiger charge is -2.33. The predicted octanol–water partition coefficient (Wildman–Crippen LogP) is 2.24.